The third-order valence-electron chi connectivity index (χ3n) is 3.74. The summed E-state index contributed by atoms with van der Waals surface area (Å²) in [5.74, 6) is -0.0898. The molecule has 0 spiro atoms. The molecule has 0 saturated heterocycles. The van der Waals surface area contributed by atoms with E-state index in [0.717, 1.165) is 10.5 Å². The minimum Gasteiger partial charge on any atom is -0.399 e. The summed E-state index contributed by atoms with van der Waals surface area (Å²) in [6, 6.07) is 12.8. The molecule has 8 heteroatoms. The van der Waals surface area contributed by atoms with Crippen LogP contribution in [0.5, 0.6) is 0 Å². The van der Waals surface area contributed by atoms with Crippen LogP contribution in [0.3, 0.4) is 0 Å². The Morgan fingerprint density at radius 2 is 2.11 bits per heavy atom. The first-order valence-electron chi connectivity index (χ1n) is 8.20. The van der Waals surface area contributed by atoms with Crippen LogP contribution in [0.15, 0.2) is 52.7 Å². The lowest BCUT2D eigenvalue weighted by atomic mass is 10.2. The smallest absolute Gasteiger partial charge is 0.239 e. The van der Waals surface area contributed by atoms with E-state index in [1.54, 1.807) is 12.1 Å². The number of carbonyl (C=O) groups excluding carboxylic acids is 1. The van der Waals surface area contributed by atoms with Gasteiger partial charge in [-0.05, 0) is 42.8 Å². The highest BCUT2D eigenvalue weighted by atomic mass is 35.5. The molecule has 0 radical (unpaired) electrons. The molecule has 0 saturated carbocycles. The number of thiazole rings is 1. The summed E-state index contributed by atoms with van der Waals surface area (Å²) >= 11 is 15.0. The zero-order chi connectivity index (χ0) is 19.4. The van der Waals surface area contributed by atoms with Crippen molar-refractivity contribution < 1.29 is 4.79 Å². The van der Waals surface area contributed by atoms with Crippen molar-refractivity contribution in [1.82, 2.24) is 4.98 Å². The molecule has 3 N–H and O–H groups in total. The molecule has 0 fully saturated rings. The van der Waals surface area contributed by atoms with Gasteiger partial charge in [0, 0.05) is 26.5 Å². The minimum atomic E-state index is -0.238. The van der Waals surface area contributed by atoms with E-state index < -0.39 is 0 Å². The van der Waals surface area contributed by atoms with Crippen LogP contribution in [-0.4, -0.2) is 16.1 Å². The lowest BCUT2D eigenvalue weighted by Gasteiger charge is -2.13. The maximum atomic E-state index is 12.7. The molecule has 1 amide bonds. The number of nitrogens with zero attached hydrogens (tertiary/aromatic N) is 1. The van der Waals surface area contributed by atoms with Gasteiger partial charge < -0.3 is 11.1 Å². The van der Waals surface area contributed by atoms with Crippen molar-refractivity contribution in [2.45, 2.75) is 23.5 Å². The Hall–Kier alpha value is -1.73. The first-order valence-corrected chi connectivity index (χ1v) is 10.7. The van der Waals surface area contributed by atoms with Gasteiger partial charge in [-0.15, -0.1) is 23.1 Å². The van der Waals surface area contributed by atoms with Crippen LogP contribution in [0, 0.1) is 0 Å². The van der Waals surface area contributed by atoms with Gasteiger partial charge in [-0.1, -0.05) is 36.2 Å². The second-order valence-electron chi connectivity index (χ2n) is 5.74. The van der Waals surface area contributed by atoms with Crippen LogP contribution in [-0.2, 0) is 4.79 Å². The number of nitrogens with two attached hydrogens (primary N) is 1. The molecular formula is C19H17Cl2N3OS2. The van der Waals surface area contributed by atoms with E-state index in [9.17, 15) is 4.79 Å². The number of hydrogen-bond acceptors (Lipinski definition) is 5. The molecule has 3 aromatic rings. The lowest BCUT2D eigenvalue weighted by molar-refractivity contribution is -0.115. The fraction of sp³-hybridized carbons (Fsp3) is 0.158. The zero-order valence-electron chi connectivity index (χ0n) is 14.4. The number of nitrogens with one attached hydrogen (secondary N) is 1. The van der Waals surface area contributed by atoms with E-state index in [-0.39, 0.29) is 11.2 Å². The van der Waals surface area contributed by atoms with Gasteiger partial charge in [0.1, 0.15) is 0 Å². The van der Waals surface area contributed by atoms with Gasteiger partial charge in [0.05, 0.1) is 16.0 Å². The van der Waals surface area contributed by atoms with Gasteiger partial charge in [-0.2, -0.15) is 0 Å². The van der Waals surface area contributed by atoms with Crippen LogP contribution in [0.4, 0.5) is 10.8 Å². The monoisotopic (exact) mass is 437 g/mol. The van der Waals surface area contributed by atoms with Gasteiger partial charge in [-0.3, -0.25) is 4.79 Å². The second kappa shape index (κ2) is 8.97. The third kappa shape index (κ3) is 5.17. The molecule has 1 aromatic heterocycles. The van der Waals surface area contributed by atoms with Crippen LogP contribution in [0.1, 0.15) is 13.3 Å². The standard InChI is InChI=1S/C19H17Cl2N3OS2/c1-2-17(27-13-5-3-4-12(22)9-13)18(25)24-19-23-16(10-26-19)14-7-6-11(20)8-15(14)21/h3-10,17H,2,22H2,1H3,(H,23,24,25). The van der Waals surface area contributed by atoms with E-state index in [1.807, 2.05) is 42.6 Å². The number of carbonyl (C=O) groups is 1. The highest BCUT2D eigenvalue weighted by Crippen LogP contribution is 2.33. The van der Waals surface area contributed by atoms with E-state index in [0.29, 0.717) is 33.0 Å². The van der Waals surface area contributed by atoms with E-state index in [4.69, 9.17) is 28.9 Å². The van der Waals surface area contributed by atoms with Crippen molar-refractivity contribution in [2.75, 3.05) is 11.1 Å². The minimum absolute atomic E-state index is 0.0898. The van der Waals surface area contributed by atoms with Gasteiger partial charge in [0.15, 0.2) is 5.13 Å². The van der Waals surface area contributed by atoms with Crippen LogP contribution >= 0.6 is 46.3 Å². The number of hydrogen-bond donors (Lipinski definition) is 2. The number of rotatable bonds is 6. The van der Waals surface area contributed by atoms with Gasteiger partial charge in [-0.25, -0.2) is 4.98 Å². The number of aromatic nitrogens is 1. The number of benzene rings is 2. The number of amides is 1. The van der Waals surface area contributed by atoms with Gasteiger partial charge in [0.2, 0.25) is 5.91 Å². The molecule has 4 nitrogen and oxygen atoms in total. The summed E-state index contributed by atoms with van der Waals surface area (Å²) in [5.41, 5.74) is 7.97. The normalized spacial score (nSPS) is 12.0. The number of thioether (sulfide) groups is 1. The average Bonchev–Trinajstić information content (AvgIpc) is 3.07. The fourth-order valence-electron chi connectivity index (χ4n) is 2.41. The quantitative estimate of drug-likeness (QED) is 0.355. The van der Waals surface area contributed by atoms with E-state index >= 15 is 0 Å². The second-order valence-corrected chi connectivity index (χ2v) is 8.72. The van der Waals surface area contributed by atoms with Crippen LogP contribution in [0.2, 0.25) is 10.0 Å². The van der Waals surface area contributed by atoms with Gasteiger partial charge >= 0.3 is 0 Å². The largest absolute Gasteiger partial charge is 0.399 e. The Morgan fingerprint density at radius 3 is 2.81 bits per heavy atom. The molecule has 1 atom stereocenters. The first kappa shape index (κ1) is 20.0. The molecule has 0 aliphatic carbocycles. The third-order valence-corrected chi connectivity index (χ3v) is 6.40. The summed E-state index contributed by atoms with van der Waals surface area (Å²) in [4.78, 5) is 18.1. The Bertz CT molecular complexity index is 962. The fourth-order valence-corrected chi connectivity index (χ4v) is 4.65. The summed E-state index contributed by atoms with van der Waals surface area (Å²) in [6.07, 6.45) is 0.687. The van der Waals surface area contributed by atoms with Crippen molar-refractivity contribution in [3.63, 3.8) is 0 Å². The Kier molecular flexibility index (Phi) is 6.65. The maximum Gasteiger partial charge on any atom is 0.239 e. The molecule has 27 heavy (non-hydrogen) atoms. The van der Waals surface area contributed by atoms with Crippen molar-refractivity contribution >= 4 is 63.0 Å². The average molecular weight is 438 g/mol. The van der Waals surface area contributed by atoms with Crippen molar-refractivity contribution in [1.29, 1.82) is 0 Å². The van der Waals surface area contributed by atoms with Crippen LogP contribution in [0.25, 0.3) is 11.3 Å². The molecule has 0 bridgehead atoms. The van der Waals surface area contributed by atoms with Crippen molar-refractivity contribution in [2.24, 2.45) is 0 Å². The van der Waals surface area contributed by atoms with Crippen molar-refractivity contribution in [3.05, 3.63) is 57.9 Å². The number of nitrogen functional groups attached to an aromatic ring is 1. The lowest BCUT2D eigenvalue weighted by Crippen LogP contribution is -2.24. The molecule has 3 rings (SSSR count). The zero-order valence-corrected chi connectivity index (χ0v) is 17.6. The molecular weight excluding hydrogens is 421 g/mol. The number of halogens is 2. The Balaban J connectivity index is 1.70. The molecule has 140 valence electrons. The Labute approximate surface area is 176 Å². The molecule has 0 aliphatic heterocycles. The summed E-state index contributed by atoms with van der Waals surface area (Å²) in [5, 5.41) is 6.14. The predicted octanol–water partition coefficient (Wildman–Crippen LogP) is 6.21. The van der Waals surface area contributed by atoms with Gasteiger partial charge in [0.25, 0.3) is 0 Å². The maximum absolute atomic E-state index is 12.7. The molecule has 2 aromatic carbocycles. The highest BCUT2D eigenvalue weighted by Gasteiger charge is 2.20. The molecule has 1 unspecified atom stereocenters. The number of anilines is 2. The van der Waals surface area contributed by atoms with Crippen molar-refractivity contribution in [3.8, 4) is 11.3 Å². The summed E-state index contributed by atoms with van der Waals surface area (Å²) in [7, 11) is 0. The van der Waals surface area contributed by atoms with Crippen LogP contribution < -0.4 is 11.1 Å². The highest BCUT2D eigenvalue weighted by molar-refractivity contribution is 8.00. The predicted molar refractivity (Wildman–Crippen MR) is 117 cm³/mol. The first-order chi connectivity index (χ1) is 13.0. The molecule has 0 aliphatic rings. The van der Waals surface area contributed by atoms with E-state index in [2.05, 4.69) is 10.3 Å². The van der Waals surface area contributed by atoms with E-state index in [1.165, 1.54) is 23.1 Å². The summed E-state index contributed by atoms with van der Waals surface area (Å²) < 4.78 is 0. The topological polar surface area (TPSA) is 68.0 Å². The SMILES string of the molecule is CCC(Sc1cccc(N)c1)C(=O)Nc1nc(-c2ccc(Cl)cc2Cl)cs1. The Morgan fingerprint density at radius 1 is 1.30 bits per heavy atom. The summed E-state index contributed by atoms with van der Waals surface area (Å²) in [6.45, 7) is 1.98. The molecule has 1 heterocycles.